The number of para-hydroxylation sites is 1. The summed E-state index contributed by atoms with van der Waals surface area (Å²) >= 11 is 0. The molecule has 1 heterocycles. The Bertz CT molecular complexity index is 472. The van der Waals surface area contributed by atoms with Gasteiger partial charge >= 0.3 is 7.12 Å². The molecule has 1 saturated heterocycles. The Morgan fingerprint density at radius 1 is 1.33 bits per heavy atom. The van der Waals surface area contributed by atoms with Gasteiger partial charge in [0.1, 0.15) is 11.8 Å². The lowest BCUT2D eigenvalue weighted by molar-refractivity contribution is 0.0341. The van der Waals surface area contributed by atoms with E-state index >= 15 is 0 Å². The van der Waals surface area contributed by atoms with Crippen LogP contribution >= 0.6 is 0 Å². The van der Waals surface area contributed by atoms with Crippen molar-refractivity contribution in [3.63, 3.8) is 0 Å². The van der Waals surface area contributed by atoms with E-state index < -0.39 is 7.12 Å². The Kier molecular flexibility index (Phi) is 3.60. The Hall–Kier alpha value is -1.51. The van der Waals surface area contributed by atoms with E-state index in [1.165, 1.54) is 0 Å². The Morgan fingerprint density at radius 3 is 2.56 bits per heavy atom. The number of hydrogen-bond donors (Lipinski definition) is 0. The maximum absolute atomic E-state index is 9.04. The fourth-order valence-electron chi connectivity index (χ4n) is 1.93. The molecule has 2 rings (SSSR count). The fourth-order valence-corrected chi connectivity index (χ4v) is 1.93. The summed E-state index contributed by atoms with van der Waals surface area (Å²) in [6, 6.07) is 7.50. The second-order valence-electron chi connectivity index (χ2n) is 5.16. The second-order valence-corrected chi connectivity index (χ2v) is 5.16. The normalized spacial score (nSPS) is 18.2. The fraction of sp³-hybridized carbons (Fsp3) is 0.462. The molecular weight excluding hydrogens is 229 g/mol. The van der Waals surface area contributed by atoms with Crippen molar-refractivity contribution >= 4 is 12.6 Å². The number of benzene rings is 1. The van der Waals surface area contributed by atoms with E-state index in [0.29, 0.717) is 24.5 Å². The summed E-state index contributed by atoms with van der Waals surface area (Å²) in [5.74, 6) is 0.532. The van der Waals surface area contributed by atoms with E-state index in [1.54, 1.807) is 13.2 Å². The van der Waals surface area contributed by atoms with E-state index in [1.807, 2.05) is 12.1 Å². The Balaban J connectivity index is 2.27. The van der Waals surface area contributed by atoms with Crippen LogP contribution in [0.5, 0.6) is 5.75 Å². The van der Waals surface area contributed by atoms with Crippen molar-refractivity contribution in [2.45, 2.75) is 13.8 Å². The number of methoxy groups -OCH3 is 1. The SMILES string of the molecule is COc1c(C#N)cccc1B1OCC(C)(C)CO1. The summed E-state index contributed by atoms with van der Waals surface area (Å²) in [5, 5.41) is 9.04. The van der Waals surface area contributed by atoms with E-state index in [9.17, 15) is 0 Å². The standard InChI is InChI=1S/C13H16BNO3/c1-13(2)8-17-14(18-9-13)11-6-4-5-10(7-15)12(11)16-3/h4-6H,8-9H2,1-3H3. The smallest absolute Gasteiger partial charge is 0.496 e. The van der Waals surface area contributed by atoms with Crippen LogP contribution in [0.15, 0.2) is 18.2 Å². The molecule has 0 aromatic heterocycles. The zero-order chi connectivity index (χ0) is 13.2. The summed E-state index contributed by atoms with van der Waals surface area (Å²) in [5.41, 5.74) is 1.29. The summed E-state index contributed by atoms with van der Waals surface area (Å²) in [7, 11) is 1.09. The molecule has 1 aromatic carbocycles. The van der Waals surface area contributed by atoms with Crippen LogP contribution in [-0.4, -0.2) is 27.4 Å². The predicted octanol–water partition coefficient (Wildman–Crippen LogP) is 1.34. The third-order valence-corrected chi connectivity index (χ3v) is 2.87. The first-order valence-electron chi connectivity index (χ1n) is 5.87. The van der Waals surface area contributed by atoms with Gasteiger partial charge in [0.15, 0.2) is 0 Å². The second kappa shape index (κ2) is 5.01. The van der Waals surface area contributed by atoms with Gasteiger partial charge < -0.3 is 14.0 Å². The zero-order valence-corrected chi connectivity index (χ0v) is 10.9. The average molecular weight is 245 g/mol. The third-order valence-electron chi connectivity index (χ3n) is 2.87. The first-order valence-corrected chi connectivity index (χ1v) is 5.87. The molecule has 0 amide bonds. The molecule has 18 heavy (non-hydrogen) atoms. The molecule has 94 valence electrons. The van der Waals surface area contributed by atoms with E-state index in [-0.39, 0.29) is 5.41 Å². The molecule has 1 aliphatic heterocycles. The van der Waals surface area contributed by atoms with Gasteiger partial charge in [-0.2, -0.15) is 5.26 Å². The van der Waals surface area contributed by atoms with Crippen molar-refractivity contribution in [1.29, 1.82) is 5.26 Å². The number of rotatable bonds is 2. The molecule has 1 fully saturated rings. The monoisotopic (exact) mass is 245 g/mol. The van der Waals surface area contributed by atoms with Crippen molar-refractivity contribution < 1.29 is 14.0 Å². The molecule has 0 bridgehead atoms. The van der Waals surface area contributed by atoms with Crippen LogP contribution in [0.4, 0.5) is 0 Å². The lowest BCUT2D eigenvalue weighted by atomic mass is 9.74. The Morgan fingerprint density at radius 2 is 2.00 bits per heavy atom. The van der Waals surface area contributed by atoms with Crippen LogP contribution < -0.4 is 10.2 Å². The van der Waals surface area contributed by atoms with E-state index in [0.717, 1.165) is 5.46 Å². The van der Waals surface area contributed by atoms with Crippen LogP contribution in [0.25, 0.3) is 0 Å². The number of nitrogens with zero attached hydrogens (tertiary/aromatic N) is 1. The van der Waals surface area contributed by atoms with Crippen LogP contribution in [-0.2, 0) is 9.31 Å². The van der Waals surface area contributed by atoms with Gasteiger partial charge in [-0.25, -0.2) is 0 Å². The first-order chi connectivity index (χ1) is 8.57. The van der Waals surface area contributed by atoms with Gasteiger partial charge in [0.05, 0.1) is 12.7 Å². The minimum Gasteiger partial charge on any atom is -0.496 e. The lowest BCUT2D eigenvalue weighted by Gasteiger charge is -2.33. The molecule has 0 spiro atoms. The van der Waals surface area contributed by atoms with Crippen molar-refractivity contribution in [2.75, 3.05) is 20.3 Å². The van der Waals surface area contributed by atoms with Crippen LogP contribution in [0.2, 0.25) is 0 Å². The summed E-state index contributed by atoms with van der Waals surface area (Å²) in [6.45, 7) is 5.42. The lowest BCUT2D eigenvalue weighted by Crippen LogP contribution is -2.47. The summed E-state index contributed by atoms with van der Waals surface area (Å²) in [4.78, 5) is 0. The van der Waals surface area contributed by atoms with Gasteiger partial charge in [-0.1, -0.05) is 26.0 Å². The largest absolute Gasteiger partial charge is 0.497 e. The van der Waals surface area contributed by atoms with E-state index in [2.05, 4.69) is 19.9 Å². The highest BCUT2D eigenvalue weighted by atomic mass is 16.6. The minimum absolute atomic E-state index is 0.0244. The highest BCUT2D eigenvalue weighted by Gasteiger charge is 2.35. The van der Waals surface area contributed by atoms with Gasteiger partial charge in [0, 0.05) is 24.1 Å². The number of nitriles is 1. The average Bonchev–Trinajstić information content (AvgIpc) is 2.37. The van der Waals surface area contributed by atoms with Crippen molar-refractivity contribution in [3.8, 4) is 11.8 Å². The third kappa shape index (κ3) is 2.50. The maximum Gasteiger partial charge on any atom is 0.497 e. The van der Waals surface area contributed by atoms with Gasteiger partial charge in [-0.05, 0) is 6.07 Å². The number of hydrogen-bond acceptors (Lipinski definition) is 4. The first kappa shape index (κ1) is 12.9. The number of ether oxygens (including phenoxy) is 1. The molecule has 0 unspecified atom stereocenters. The molecule has 0 radical (unpaired) electrons. The molecule has 0 saturated carbocycles. The zero-order valence-electron chi connectivity index (χ0n) is 10.9. The molecule has 1 aliphatic rings. The van der Waals surface area contributed by atoms with Gasteiger partial charge in [0.2, 0.25) is 0 Å². The summed E-state index contributed by atoms with van der Waals surface area (Å²) in [6.07, 6.45) is 0. The van der Waals surface area contributed by atoms with Crippen LogP contribution in [0.3, 0.4) is 0 Å². The van der Waals surface area contributed by atoms with Gasteiger partial charge in [-0.3, -0.25) is 0 Å². The van der Waals surface area contributed by atoms with Gasteiger partial charge in [-0.15, -0.1) is 0 Å². The van der Waals surface area contributed by atoms with E-state index in [4.69, 9.17) is 19.3 Å². The highest BCUT2D eigenvalue weighted by molar-refractivity contribution is 6.62. The minimum atomic E-state index is -0.457. The molecular formula is C13H16BNO3. The molecule has 0 aliphatic carbocycles. The van der Waals surface area contributed by atoms with Crippen LogP contribution in [0, 0.1) is 16.7 Å². The quantitative estimate of drug-likeness (QED) is 0.737. The van der Waals surface area contributed by atoms with Crippen molar-refractivity contribution in [2.24, 2.45) is 5.41 Å². The molecule has 0 N–H and O–H groups in total. The topological polar surface area (TPSA) is 51.5 Å². The molecule has 1 aromatic rings. The predicted molar refractivity (Wildman–Crippen MR) is 68.8 cm³/mol. The van der Waals surface area contributed by atoms with Crippen molar-refractivity contribution in [3.05, 3.63) is 23.8 Å². The molecule has 4 nitrogen and oxygen atoms in total. The van der Waals surface area contributed by atoms with Crippen molar-refractivity contribution in [1.82, 2.24) is 0 Å². The maximum atomic E-state index is 9.04. The molecule has 0 atom stereocenters. The van der Waals surface area contributed by atoms with Crippen LogP contribution in [0.1, 0.15) is 19.4 Å². The van der Waals surface area contributed by atoms with Gasteiger partial charge in [0.25, 0.3) is 0 Å². The molecule has 5 heteroatoms. The Labute approximate surface area is 108 Å². The highest BCUT2D eigenvalue weighted by Crippen LogP contribution is 2.23. The summed E-state index contributed by atoms with van der Waals surface area (Å²) < 4.78 is 16.7.